The number of halogens is 3. The molecule has 8 nitrogen and oxygen atoms in total. The Hall–Kier alpha value is -3.08. The molecule has 1 aromatic carbocycles. The van der Waals surface area contributed by atoms with Gasteiger partial charge in [-0.15, -0.1) is 0 Å². The highest BCUT2D eigenvalue weighted by Crippen LogP contribution is 2.38. The highest BCUT2D eigenvalue weighted by Gasteiger charge is 2.35. The molecule has 1 saturated heterocycles. The van der Waals surface area contributed by atoms with Gasteiger partial charge in [-0.1, -0.05) is 0 Å². The average Bonchev–Trinajstić information content (AvgIpc) is 3.38. The van der Waals surface area contributed by atoms with Crippen LogP contribution < -0.4 is 10.6 Å². The molecule has 3 N–H and O–H groups in total. The normalized spacial score (nSPS) is 22.6. The van der Waals surface area contributed by atoms with Gasteiger partial charge in [0.15, 0.2) is 17.5 Å². The first-order chi connectivity index (χ1) is 14.9. The number of aromatic nitrogens is 2. The molecule has 166 valence electrons. The predicted octanol–water partition coefficient (Wildman–Crippen LogP) is 3.12. The largest absolute Gasteiger partial charge is 0.446 e. The van der Waals surface area contributed by atoms with Crippen LogP contribution in [0.25, 0.3) is 0 Å². The molecule has 11 heteroatoms. The number of benzene rings is 1. The number of carbonyl (C=O) groups excluding carboxylic acids is 2. The van der Waals surface area contributed by atoms with E-state index in [1.54, 1.807) is 6.07 Å². The van der Waals surface area contributed by atoms with E-state index in [9.17, 15) is 22.8 Å². The van der Waals surface area contributed by atoms with E-state index >= 15 is 0 Å². The molecule has 1 aliphatic carbocycles. The molecular weight excluding hydrogens is 417 g/mol. The lowest BCUT2D eigenvalue weighted by atomic mass is 9.80. The molecule has 4 rings (SSSR count). The molecule has 0 bridgehead atoms. The Morgan fingerprint density at radius 3 is 2.68 bits per heavy atom. The van der Waals surface area contributed by atoms with Gasteiger partial charge in [0.1, 0.15) is 18.0 Å². The van der Waals surface area contributed by atoms with Crippen molar-refractivity contribution in [3.63, 3.8) is 0 Å². The first-order valence-electron chi connectivity index (χ1n) is 9.94. The summed E-state index contributed by atoms with van der Waals surface area (Å²) in [5.41, 5.74) is 0.629. The van der Waals surface area contributed by atoms with E-state index in [0.29, 0.717) is 43.8 Å². The lowest BCUT2D eigenvalue weighted by molar-refractivity contribution is -0.124. The third kappa shape index (κ3) is 4.98. The lowest BCUT2D eigenvalue weighted by Crippen LogP contribution is -2.36. The Labute approximate surface area is 175 Å². The number of carbonyl (C=O) groups is 2. The number of nitrogens with one attached hydrogen (secondary N) is 3. The molecule has 0 radical (unpaired) electrons. The van der Waals surface area contributed by atoms with Crippen LogP contribution in [0, 0.1) is 17.5 Å². The number of hydrogen-bond acceptors (Lipinski definition) is 5. The second-order valence-corrected chi connectivity index (χ2v) is 7.61. The first-order valence-corrected chi connectivity index (χ1v) is 9.94. The number of amides is 2. The summed E-state index contributed by atoms with van der Waals surface area (Å²) in [6, 6.07) is 2.85. The standard InChI is InChI=1S/C20H21F3N4O4/c21-13-7-15(23)14(22)6-11(13)9-24-20(29)31-12-4-10(5-12)16-8-18(27-26-16)25-19(28)17-2-1-3-30-17/h6-8,10,12,17H,1-5,9H2,(H,24,29)(H2,25,26,27,28)/t10?,12?,17-/m1/s1. The van der Waals surface area contributed by atoms with Crippen molar-refractivity contribution >= 4 is 17.8 Å². The van der Waals surface area contributed by atoms with Crippen molar-refractivity contribution in [3.05, 3.63) is 46.9 Å². The van der Waals surface area contributed by atoms with Crippen LogP contribution in [-0.2, 0) is 20.8 Å². The fraction of sp³-hybridized carbons (Fsp3) is 0.450. The van der Waals surface area contributed by atoms with Crippen LogP contribution in [0.15, 0.2) is 18.2 Å². The summed E-state index contributed by atoms with van der Waals surface area (Å²) in [7, 11) is 0. The smallest absolute Gasteiger partial charge is 0.407 e. The van der Waals surface area contributed by atoms with Crippen LogP contribution in [0.2, 0.25) is 0 Å². The van der Waals surface area contributed by atoms with Gasteiger partial charge in [-0.25, -0.2) is 18.0 Å². The zero-order valence-corrected chi connectivity index (χ0v) is 16.4. The predicted molar refractivity (Wildman–Crippen MR) is 102 cm³/mol. The summed E-state index contributed by atoms with van der Waals surface area (Å²) in [5.74, 6) is -3.17. The quantitative estimate of drug-likeness (QED) is 0.601. The number of H-pyrrole nitrogens is 1. The molecule has 1 aliphatic heterocycles. The van der Waals surface area contributed by atoms with Crippen LogP contribution in [0.4, 0.5) is 23.8 Å². The van der Waals surface area contributed by atoms with Gasteiger partial charge in [0.2, 0.25) is 0 Å². The average molecular weight is 438 g/mol. The number of aromatic amines is 1. The Morgan fingerprint density at radius 1 is 1.16 bits per heavy atom. The van der Waals surface area contributed by atoms with Crippen molar-refractivity contribution in [1.82, 2.24) is 15.5 Å². The number of alkyl carbamates (subject to hydrolysis) is 1. The van der Waals surface area contributed by atoms with Gasteiger partial charge in [0.25, 0.3) is 5.91 Å². The van der Waals surface area contributed by atoms with Gasteiger partial charge in [-0.2, -0.15) is 5.10 Å². The molecule has 1 aromatic heterocycles. The van der Waals surface area contributed by atoms with Crippen molar-refractivity contribution in [2.24, 2.45) is 0 Å². The molecule has 2 heterocycles. The third-order valence-corrected chi connectivity index (χ3v) is 5.39. The highest BCUT2D eigenvalue weighted by atomic mass is 19.2. The third-order valence-electron chi connectivity index (χ3n) is 5.39. The van der Waals surface area contributed by atoms with Crippen LogP contribution in [-0.4, -0.2) is 41.0 Å². The topological polar surface area (TPSA) is 105 Å². The second kappa shape index (κ2) is 8.96. The monoisotopic (exact) mass is 438 g/mol. The van der Waals surface area contributed by atoms with E-state index in [2.05, 4.69) is 20.8 Å². The number of nitrogens with zero attached hydrogens (tertiary/aromatic N) is 1. The van der Waals surface area contributed by atoms with Crippen molar-refractivity contribution in [1.29, 1.82) is 0 Å². The van der Waals surface area contributed by atoms with E-state index in [0.717, 1.165) is 12.1 Å². The fourth-order valence-corrected chi connectivity index (χ4v) is 3.58. The molecule has 1 atom stereocenters. The fourth-order valence-electron chi connectivity index (χ4n) is 3.58. The molecule has 0 spiro atoms. The van der Waals surface area contributed by atoms with Crippen molar-refractivity contribution in [2.45, 2.75) is 50.4 Å². The van der Waals surface area contributed by atoms with E-state index in [4.69, 9.17) is 9.47 Å². The Kier molecular flexibility index (Phi) is 6.12. The van der Waals surface area contributed by atoms with Crippen molar-refractivity contribution in [2.75, 3.05) is 11.9 Å². The summed E-state index contributed by atoms with van der Waals surface area (Å²) >= 11 is 0. The van der Waals surface area contributed by atoms with Gasteiger partial charge in [-0.3, -0.25) is 9.89 Å². The molecule has 0 unspecified atom stereocenters. The van der Waals surface area contributed by atoms with Gasteiger partial charge in [-0.05, 0) is 31.7 Å². The minimum Gasteiger partial charge on any atom is -0.446 e. The summed E-state index contributed by atoms with van der Waals surface area (Å²) in [6.07, 6.45) is 1.09. The lowest BCUT2D eigenvalue weighted by Gasteiger charge is -2.33. The van der Waals surface area contributed by atoms with Crippen molar-refractivity contribution in [3.8, 4) is 0 Å². The van der Waals surface area contributed by atoms with Gasteiger partial charge < -0.3 is 20.1 Å². The molecule has 2 aromatic rings. The zero-order valence-electron chi connectivity index (χ0n) is 16.4. The number of ether oxygens (including phenoxy) is 2. The SMILES string of the molecule is O=C(NCc1cc(F)c(F)cc1F)OC1CC(c2cc(NC(=O)[C@H]3CCCO3)n[nH]2)C1. The Morgan fingerprint density at radius 2 is 1.94 bits per heavy atom. The van der Waals surface area contributed by atoms with E-state index < -0.39 is 29.6 Å². The molecule has 2 amide bonds. The molecule has 2 fully saturated rings. The maximum absolute atomic E-state index is 13.6. The maximum Gasteiger partial charge on any atom is 0.407 e. The molecule has 2 aliphatic rings. The maximum atomic E-state index is 13.6. The number of rotatable bonds is 6. The number of hydrogen-bond donors (Lipinski definition) is 3. The molecule has 31 heavy (non-hydrogen) atoms. The van der Waals surface area contributed by atoms with E-state index in [-0.39, 0.29) is 30.0 Å². The summed E-state index contributed by atoms with van der Waals surface area (Å²) in [4.78, 5) is 23.9. The van der Waals surface area contributed by atoms with Crippen LogP contribution in [0.3, 0.4) is 0 Å². The van der Waals surface area contributed by atoms with Crippen LogP contribution in [0.5, 0.6) is 0 Å². The van der Waals surface area contributed by atoms with E-state index in [1.807, 2.05) is 0 Å². The van der Waals surface area contributed by atoms with E-state index in [1.165, 1.54) is 0 Å². The summed E-state index contributed by atoms with van der Waals surface area (Å²) < 4.78 is 50.3. The first kappa shape index (κ1) is 21.2. The van der Waals surface area contributed by atoms with Gasteiger partial charge in [0.05, 0.1) is 0 Å². The Balaban J connectivity index is 1.20. The molecular formula is C20H21F3N4O4. The van der Waals surface area contributed by atoms with Gasteiger partial charge in [0, 0.05) is 42.5 Å². The van der Waals surface area contributed by atoms with Gasteiger partial charge >= 0.3 is 6.09 Å². The number of anilines is 1. The van der Waals surface area contributed by atoms with Crippen LogP contribution >= 0.6 is 0 Å². The van der Waals surface area contributed by atoms with Crippen LogP contribution in [0.1, 0.15) is 42.9 Å². The summed E-state index contributed by atoms with van der Waals surface area (Å²) in [6.45, 7) is 0.253. The Bertz CT molecular complexity index is 971. The van der Waals surface area contributed by atoms with Crippen molar-refractivity contribution < 1.29 is 32.2 Å². The molecule has 1 saturated carbocycles. The highest BCUT2D eigenvalue weighted by molar-refractivity contribution is 5.93. The minimum absolute atomic E-state index is 0.0855. The minimum atomic E-state index is -1.29. The second-order valence-electron chi connectivity index (χ2n) is 7.61. The summed E-state index contributed by atoms with van der Waals surface area (Å²) in [5, 5.41) is 12.0. The zero-order chi connectivity index (χ0) is 22.0.